The zero-order valence-electron chi connectivity index (χ0n) is 27.2. The third-order valence-corrected chi connectivity index (χ3v) is 9.54. The third-order valence-electron chi connectivity index (χ3n) is 9.54. The number of hydrogen-bond acceptors (Lipinski definition) is 6. The monoisotopic (exact) mass is 596 g/mol. The SMILES string of the molecule is CCC1=C(C)c2cc3[nH]c(cc4nc(cc5[nH]c(cc1n2)c(C)c5CCC(=O)OC)C(CCC(=O)OC)C4C)c(C)c3CC. The maximum absolute atomic E-state index is 12.2. The fourth-order valence-corrected chi connectivity index (χ4v) is 6.78. The lowest BCUT2D eigenvalue weighted by Gasteiger charge is -2.15. The Kier molecular flexibility index (Phi) is 9.09. The van der Waals surface area contributed by atoms with Crippen LogP contribution in [0.25, 0.3) is 33.2 Å². The Morgan fingerprint density at radius 2 is 1.34 bits per heavy atom. The number of nitrogens with one attached hydrogen (secondary N) is 2. The molecule has 0 saturated heterocycles. The Morgan fingerprint density at radius 1 is 0.750 bits per heavy atom. The minimum Gasteiger partial charge on any atom is -0.469 e. The largest absolute Gasteiger partial charge is 0.469 e. The van der Waals surface area contributed by atoms with Crippen LogP contribution in [-0.2, 0) is 31.9 Å². The number of carbonyl (C=O) groups is 2. The first kappa shape index (κ1) is 31.2. The molecule has 2 aliphatic rings. The van der Waals surface area contributed by atoms with E-state index >= 15 is 0 Å². The minimum absolute atomic E-state index is 0.0284. The average molecular weight is 597 g/mol. The number of ether oxygens (including phenoxy) is 2. The Labute approximate surface area is 259 Å². The van der Waals surface area contributed by atoms with Crippen molar-refractivity contribution in [3.63, 3.8) is 0 Å². The van der Waals surface area contributed by atoms with E-state index in [2.05, 4.69) is 75.8 Å². The van der Waals surface area contributed by atoms with Gasteiger partial charge in [-0.1, -0.05) is 20.8 Å². The normalized spacial score (nSPS) is 16.4. The maximum atomic E-state index is 12.2. The van der Waals surface area contributed by atoms with Gasteiger partial charge < -0.3 is 19.4 Å². The summed E-state index contributed by atoms with van der Waals surface area (Å²) in [5.41, 5.74) is 14.8. The highest BCUT2D eigenvalue weighted by Gasteiger charge is 2.30. The minimum atomic E-state index is -0.248. The molecule has 2 aliphatic heterocycles. The van der Waals surface area contributed by atoms with Gasteiger partial charge in [-0.15, -0.1) is 0 Å². The van der Waals surface area contributed by atoms with Crippen molar-refractivity contribution in [1.29, 1.82) is 0 Å². The maximum Gasteiger partial charge on any atom is 0.305 e. The van der Waals surface area contributed by atoms with E-state index in [0.717, 1.165) is 68.8 Å². The fraction of sp³-hybridized carbons (Fsp3) is 0.444. The van der Waals surface area contributed by atoms with Gasteiger partial charge in [0.15, 0.2) is 0 Å². The molecule has 3 aromatic rings. The molecule has 0 radical (unpaired) electrons. The van der Waals surface area contributed by atoms with Gasteiger partial charge in [-0.05, 0) is 104 Å². The quantitative estimate of drug-likeness (QED) is 0.257. The number of methoxy groups -OCH3 is 2. The summed E-state index contributed by atoms with van der Waals surface area (Å²) in [6.07, 6.45) is 3.51. The first-order valence-electron chi connectivity index (χ1n) is 15.7. The summed E-state index contributed by atoms with van der Waals surface area (Å²) >= 11 is 0. The number of carbonyl (C=O) groups excluding carboxylic acids is 2. The van der Waals surface area contributed by atoms with E-state index in [1.807, 2.05) is 0 Å². The molecule has 0 saturated carbocycles. The zero-order chi connectivity index (χ0) is 31.7. The van der Waals surface area contributed by atoms with Crippen LogP contribution in [0.1, 0.15) is 110 Å². The molecule has 2 N–H and O–H groups in total. The first-order chi connectivity index (χ1) is 21.1. The fourth-order valence-electron chi connectivity index (χ4n) is 6.78. The topological polar surface area (TPSA) is 110 Å². The van der Waals surface area contributed by atoms with Crippen molar-refractivity contribution in [2.24, 2.45) is 0 Å². The second kappa shape index (κ2) is 12.8. The number of H-pyrrole nitrogens is 2. The summed E-state index contributed by atoms with van der Waals surface area (Å²) in [6.45, 7) is 12.9. The molecule has 5 heterocycles. The lowest BCUT2D eigenvalue weighted by atomic mass is 9.87. The van der Waals surface area contributed by atoms with E-state index in [9.17, 15) is 9.59 Å². The van der Waals surface area contributed by atoms with Crippen molar-refractivity contribution < 1.29 is 19.1 Å². The van der Waals surface area contributed by atoms with Crippen LogP contribution in [0.15, 0.2) is 24.3 Å². The van der Waals surface area contributed by atoms with Crippen molar-refractivity contribution in [2.45, 2.75) is 91.9 Å². The van der Waals surface area contributed by atoms with Gasteiger partial charge in [-0.3, -0.25) is 14.6 Å². The molecule has 3 aromatic heterocycles. The predicted octanol–water partition coefficient (Wildman–Crippen LogP) is 7.78. The first-order valence-corrected chi connectivity index (χ1v) is 15.7. The van der Waals surface area contributed by atoms with Gasteiger partial charge in [0.2, 0.25) is 0 Å². The van der Waals surface area contributed by atoms with Crippen LogP contribution in [0.5, 0.6) is 0 Å². The molecule has 0 aromatic carbocycles. The Balaban J connectivity index is 1.87. The molecule has 232 valence electrons. The molecule has 5 rings (SSSR count). The van der Waals surface area contributed by atoms with Crippen molar-refractivity contribution >= 4 is 45.2 Å². The summed E-state index contributed by atoms with van der Waals surface area (Å²) in [4.78, 5) is 42.0. The smallest absolute Gasteiger partial charge is 0.305 e. The number of esters is 2. The van der Waals surface area contributed by atoms with E-state index in [4.69, 9.17) is 19.4 Å². The van der Waals surface area contributed by atoms with Crippen LogP contribution in [-0.4, -0.2) is 46.1 Å². The summed E-state index contributed by atoms with van der Waals surface area (Å²) in [5, 5.41) is 0. The van der Waals surface area contributed by atoms with Gasteiger partial charge in [0, 0.05) is 58.1 Å². The number of allylic oxidation sites excluding steroid dienone is 2. The van der Waals surface area contributed by atoms with Gasteiger partial charge in [-0.25, -0.2) is 4.98 Å². The summed E-state index contributed by atoms with van der Waals surface area (Å²) in [6, 6.07) is 8.59. The van der Waals surface area contributed by atoms with E-state index < -0.39 is 0 Å². The predicted molar refractivity (Wildman–Crippen MR) is 175 cm³/mol. The Hall–Kier alpha value is -4.20. The van der Waals surface area contributed by atoms with Gasteiger partial charge in [0.25, 0.3) is 0 Å². The third kappa shape index (κ3) is 5.82. The highest BCUT2D eigenvalue weighted by molar-refractivity contribution is 5.93. The molecular weight excluding hydrogens is 552 g/mol. The molecule has 0 amide bonds. The molecule has 8 heteroatoms. The van der Waals surface area contributed by atoms with E-state index in [1.54, 1.807) is 0 Å². The number of fused-ring (bicyclic) bond motifs is 8. The van der Waals surface area contributed by atoms with Crippen molar-refractivity contribution in [3.05, 3.63) is 69.3 Å². The number of nitrogens with zero attached hydrogens (tertiary/aromatic N) is 2. The van der Waals surface area contributed by atoms with Gasteiger partial charge >= 0.3 is 11.9 Å². The molecular formula is C36H44N4O4. The molecule has 8 bridgehead atoms. The van der Waals surface area contributed by atoms with Crippen LogP contribution in [0, 0.1) is 13.8 Å². The lowest BCUT2D eigenvalue weighted by Crippen LogP contribution is -2.07. The van der Waals surface area contributed by atoms with Crippen LogP contribution in [0.4, 0.5) is 0 Å². The number of aryl methyl sites for hydroxylation is 4. The highest BCUT2D eigenvalue weighted by atomic mass is 16.5. The molecule has 44 heavy (non-hydrogen) atoms. The lowest BCUT2D eigenvalue weighted by molar-refractivity contribution is -0.141. The van der Waals surface area contributed by atoms with Gasteiger partial charge in [0.05, 0.1) is 25.6 Å². The van der Waals surface area contributed by atoms with E-state index in [0.29, 0.717) is 19.3 Å². The number of aromatic amines is 2. The van der Waals surface area contributed by atoms with E-state index in [1.165, 1.54) is 36.5 Å². The molecule has 8 nitrogen and oxygen atoms in total. The second-order valence-electron chi connectivity index (χ2n) is 11.9. The van der Waals surface area contributed by atoms with Crippen molar-refractivity contribution in [2.75, 3.05) is 14.2 Å². The number of hydrogen-bond donors (Lipinski definition) is 2. The van der Waals surface area contributed by atoms with Crippen LogP contribution in [0.3, 0.4) is 0 Å². The average Bonchev–Trinajstić information content (AvgIpc) is 3.67. The van der Waals surface area contributed by atoms with Crippen LogP contribution < -0.4 is 0 Å². The zero-order valence-corrected chi connectivity index (χ0v) is 27.2. The molecule has 2 unspecified atom stereocenters. The molecule has 0 fully saturated rings. The second-order valence-corrected chi connectivity index (χ2v) is 11.9. The Morgan fingerprint density at radius 3 is 2.00 bits per heavy atom. The summed E-state index contributed by atoms with van der Waals surface area (Å²) < 4.78 is 9.95. The van der Waals surface area contributed by atoms with Gasteiger partial charge in [0.1, 0.15) is 0 Å². The number of aromatic nitrogens is 4. The van der Waals surface area contributed by atoms with Crippen molar-refractivity contribution in [1.82, 2.24) is 19.9 Å². The standard InChI is InChI=1S/C36H44N4O4/c1-9-23-19(3)27-15-28-21(5)25(11-13-35(41)43-7)33(39-28)18-34-26(12-14-36(42)44-8)22(6)30(40-34)17-32-24(10-2)20(4)29(38-32)16-31(23)37-27/h15-18,21,25,37,40H,9-14H2,1-8H3. The molecule has 0 aliphatic carbocycles. The molecule has 0 spiro atoms. The Bertz CT molecular complexity index is 1810. The van der Waals surface area contributed by atoms with Gasteiger partial charge in [-0.2, -0.15) is 0 Å². The summed E-state index contributed by atoms with van der Waals surface area (Å²) in [5.74, 6) is -0.353. The molecule has 2 atom stereocenters. The summed E-state index contributed by atoms with van der Waals surface area (Å²) in [7, 11) is 2.85. The number of rotatable bonds is 8. The van der Waals surface area contributed by atoms with Crippen molar-refractivity contribution in [3.8, 4) is 0 Å². The van der Waals surface area contributed by atoms with E-state index in [-0.39, 0.29) is 30.2 Å². The van der Waals surface area contributed by atoms with Crippen LogP contribution >= 0.6 is 0 Å². The van der Waals surface area contributed by atoms with Crippen LogP contribution in [0.2, 0.25) is 0 Å². The highest BCUT2D eigenvalue weighted by Crippen LogP contribution is 2.41.